The molecule has 0 saturated heterocycles. The zero-order chi connectivity index (χ0) is 23.4. The Bertz CT molecular complexity index is 1360. The first-order valence-corrected chi connectivity index (χ1v) is 9.98. The number of allylic oxidation sites excluding steroid dienone is 1. The molecule has 33 heavy (non-hydrogen) atoms. The van der Waals surface area contributed by atoms with Crippen LogP contribution in [-0.2, 0) is 0 Å². The van der Waals surface area contributed by atoms with E-state index in [0.29, 0.717) is 11.4 Å². The van der Waals surface area contributed by atoms with Crippen molar-refractivity contribution < 1.29 is 13.9 Å². The molecule has 0 fully saturated rings. The monoisotopic (exact) mass is 445 g/mol. The number of carbonyl (C=O) groups is 1. The highest BCUT2D eigenvalue weighted by atomic mass is 19.1. The van der Waals surface area contributed by atoms with Crippen LogP contribution in [0.3, 0.4) is 0 Å². The third-order valence-electron chi connectivity index (χ3n) is 4.56. The van der Waals surface area contributed by atoms with Crippen LogP contribution in [-0.4, -0.2) is 44.3 Å². The molecule has 0 amide bonds. The van der Waals surface area contributed by atoms with Crippen LogP contribution in [0.1, 0.15) is 10.5 Å². The van der Waals surface area contributed by atoms with Crippen LogP contribution in [0, 0.1) is 5.82 Å². The topological polar surface area (TPSA) is 82.2 Å². The molecule has 9 heteroatoms. The predicted octanol–water partition coefficient (Wildman–Crippen LogP) is 3.61. The lowest BCUT2D eigenvalue weighted by Crippen LogP contribution is -2.22. The van der Waals surface area contributed by atoms with Crippen LogP contribution in [0.25, 0.3) is 11.4 Å². The van der Waals surface area contributed by atoms with Gasteiger partial charge in [0, 0.05) is 44.8 Å². The molecule has 0 aliphatic rings. The Morgan fingerprint density at radius 1 is 1.09 bits per heavy atom. The van der Waals surface area contributed by atoms with Crippen molar-refractivity contribution in [3.05, 3.63) is 107 Å². The Labute approximate surface area is 188 Å². The molecular formula is C24H20FN5O3. The molecule has 0 atom stereocenters. The van der Waals surface area contributed by atoms with Crippen molar-refractivity contribution >= 4 is 5.78 Å². The summed E-state index contributed by atoms with van der Waals surface area (Å²) >= 11 is 0. The summed E-state index contributed by atoms with van der Waals surface area (Å²) in [4.78, 5) is 27.3. The van der Waals surface area contributed by atoms with Gasteiger partial charge in [-0.2, -0.15) is 10.2 Å². The van der Waals surface area contributed by atoms with Gasteiger partial charge in [0.15, 0.2) is 17.3 Å². The Kier molecular flexibility index (Phi) is 6.12. The van der Waals surface area contributed by atoms with Crippen molar-refractivity contribution in [2.75, 3.05) is 14.1 Å². The van der Waals surface area contributed by atoms with Gasteiger partial charge in [0.2, 0.25) is 5.78 Å². The third kappa shape index (κ3) is 4.87. The molecule has 0 aliphatic carbocycles. The number of aromatic nitrogens is 4. The van der Waals surface area contributed by atoms with Crippen molar-refractivity contribution in [2.24, 2.45) is 0 Å². The normalized spacial score (nSPS) is 11.0. The minimum absolute atomic E-state index is 0.0365. The van der Waals surface area contributed by atoms with E-state index in [4.69, 9.17) is 4.74 Å². The number of ketones is 1. The predicted molar refractivity (Wildman–Crippen MR) is 121 cm³/mol. The maximum absolute atomic E-state index is 15.0. The fourth-order valence-corrected chi connectivity index (χ4v) is 2.98. The summed E-state index contributed by atoms with van der Waals surface area (Å²) in [7, 11) is 3.47. The standard InChI is InChI=1S/C24H20FN5O3/c1-28(2)14-11-21(31)23-24(32)22(33-18-7-4-3-5-8-18)16-30(27-23)20-10-9-17(15-19(20)25)29-13-6-12-26-29/h3-16H,1-2H3. The third-order valence-corrected chi connectivity index (χ3v) is 4.56. The van der Waals surface area contributed by atoms with Gasteiger partial charge < -0.3 is 9.64 Å². The average Bonchev–Trinajstić information content (AvgIpc) is 3.34. The van der Waals surface area contributed by atoms with Gasteiger partial charge in [-0.1, -0.05) is 18.2 Å². The van der Waals surface area contributed by atoms with E-state index in [1.54, 1.807) is 73.9 Å². The van der Waals surface area contributed by atoms with Crippen molar-refractivity contribution in [2.45, 2.75) is 0 Å². The number of carbonyl (C=O) groups excluding carboxylic acids is 1. The van der Waals surface area contributed by atoms with E-state index in [1.807, 2.05) is 0 Å². The molecule has 0 radical (unpaired) electrons. The first-order valence-electron chi connectivity index (χ1n) is 9.98. The highest BCUT2D eigenvalue weighted by Gasteiger charge is 2.19. The first-order chi connectivity index (χ1) is 15.9. The number of benzene rings is 2. The highest BCUT2D eigenvalue weighted by Crippen LogP contribution is 2.21. The van der Waals surface area contributed by atoms with Crippen LogP contribution < -0.4 is 10.2 Å². The number of nitrogens with zero attached hydrogens (tertiary/aromatic N) is 5. The number of ether oxygens (including phenoxy) is 1. The summed E-state index contributed by atoms with van der Waals surface area (Å²) in [5, 5.41) is 8.20. The summed E-state index contributed by atoms with van der Waals surface area (Å²) < 4.78 is 23.4. The Morgan fingerprint density at radius 3 is 2.55 bits per heavy atom. The fraction of sp³-hybridized carbons (Fsp3) is 0.0833. The molecule has 4 rings (SSSR count). The van der Waals surface area contributed by atoms with Gasteiger partial charge in [0.1, 0.15) is 11.4 Å². The minimum atomic E-state index is -0.697. The maximum atomic E-state index is 15.0. The summed E-state index contributed by atoms with van der Waals surface area (Å²) in [6.45, 7) is 0. The molecular weight excluding hydrogens is 425 g/mol. The molecule has 0 saturated carbocycles. The van der Waals surface area contributed by atoms with E-state index in [1.165, 1.54) is 35.3 Å². The molecule has 0 aliphatic heterocycles. The summed E-state index contributed by atoms with van der Waals surface area (Å²) in [6, 6.07) is 14.8. The maximum Gasteiger partial charge on any atom is 0.253 e. The fourth-order valence-electron chi connectivity index (χ4n) is 2.98. The molecule has 0 unspecified atom stereocenters. The largest absolute Gasteiger partial charge is 0.452 e. The van der Waals surface area contributed by atoms with E-state index in [2.05, 4.69) is 10.2 Å². The Hall–Kier alpha value is -4.53. The molecule has 8 nitrogen and oxygen atoms in total. The van der Waals surface area contributed by atoms with Gasteiger partial charge in [-0.3, -0.25) is 9.59 Å². The smallest absolute Gasteiger partial charge is 0.253 e. The van der Waals surface area contributed by atoms with Gasteiger partial charge in [-0.25, -0.2) is 13.8 Å². The second-order valence-electron chi connectivity index (χ2n) is 7.26. The lowest BCUT2D eigenvalue weighted by molar-refractivity contribution is 0.103. The van der Waals surface area contributed by atoms with Crippen LogP contribution >= 0.6 is 0 Å². The zero-order valence-electron chi connectivity index (χ0n) is 17.9. The second-order valence-corrected chi connectivity index (χ2v) is 7.26. The van der Waals surface area contributed by atoms with Crippen LogP contribution in [0.15, 0.2) is 90.3 Å². The number of rotatable bonds is 7. The van der Waals surface area contributed by atoms with Gasteiger partial charge >= 0.3 is 0 Å². The molecule has 166 valence electrons. The van der Waals surface area contributed by atoms with Gasteiger partial charge in [0.05, 0.1) is 11.9 Å². The van der Waals surface area contributed by atoms with Crippen molar-refractivity contribution in [3.63, 3.8) is 0 Å². The van der Waals surface area contributed by atoms with E-state index < -0.39 is 22.7 Å². The Balaban J connectivity index is 1.82. The molecule has 2 heterocycles. The van der Waals surface area contributed by atoms with Crippen LogP contribution in [0.5, 0.6) is 11.5 Å². The lowest BCUT2D eigenvalue weighted by atomic mass is 10.2. The summed E-state index contributed by atoms with van der Waals surface area (Å²) in [5.41, 5.74) is -0.545. The second kappa shape index (κ2) is 9.31. The minimum Gasteiger partial charge on any atom is -0.452 e. The number of para-hydroxylation sites is 1. The average molecular weight is 445 g/mol. The molecule has 4 aromatic rings. The first kappa shape index (κ1) is 21.7. The summed E-state index contributed by atoms with van der Waals surface area (Å²) in [6.07, 6.45) is 7.25. The quantitative estimate of drug-likeness (QED) is 0.319. The van der Waals surface area contributed by atoms with E-state index >= 15 is 4.39 Å². The van der Waals surface area contributed by atoms with Crippen LogP contribution in [0.2, 0.25) is 0 Å². The molecule has 0 bridgehead atoms. The number of hydrogen-bond acceptors (Lipinski definition) is 6. The highest BCUT2D eigenvalue weighted by molar-refractivity contribution is 6.03. The SMILES string of the molecule is CN(C)C=CC(=O)c1nn(-c2ccc(-n3cccn3)cc2F)cc(Oc2ccccc2)c1=O. The molecule has 2 aromatic carbocycles. The number of hydrogen-bond donors (Lipinski definition) is 0. The number of halogens is 1. The van der Waals surface area contributed by atoms with E-state index in [-0.39, 0.29) is 11.4 Å². The molecule has 0 spiro atoms. The zero-order valence-corrected chi connectivity index (χ0v) is 17.9. The van der Waals surface area contributed by atoms with Gasteiger partial charge in [-0.05, 0) is 30.3 Å². The van der Waals surface area contributed by atoms with Gasteiger partial charge in [-0.15, -0.1) is 0 Å². The molecule has 2 aromatic heterocycles. The van der Waals surface area contributed by atoms with Crippen molar-refractivity contribution in [3.8, 4) is 22.9 Å². The lowest BCUT2D eigenvalue weighted by Gasteiger charge is -2.12. The Morgan fingerprint density at radius 2 is 1.88 bits per heavy atom. The molecule has 0 N–H and O–H groups in total. The van der Waals surface area contributed by atoms with E-state index in [9.17, 15) is 9.59 Å². The van der Waals surface area contributed by atoms with Crippen molar-refractivity contribution in [1.82, 2.24) is 24.5 Å². The summed E-state index contributed by atoms with van der Waals surface area (Å²) in [5.74, 6) is -1.01. The van der Waals surface area contributed by atoms with Crippen molar-refractivity contribution in [1.29, 1.82) is 0 Å². The van der Waals surface area contributed by atoms with Crippen LogP contribution in [0.4, 0.5) is 4.39 Å². The van der Waals surface area contributed by atoms with Gasteiger partial charge in [0.25, 0.3) is 5.43 Å². The van der Waals surface area contributed by atoms with E-state index in [0.717, 1.165) is 4.68 Å².